The number of phenolic OH excluding ortho intramolecular Hbond substituents is 1. The molecule has 0 spiro atoms. The predicted octanol–water partition coefficient (Wildman–Crippen LogP) is 4.79. The average Bonchev–Trinajstić information content (AvgIpc) is 2.76. The normalized spacial score (nSPS) is 15.7. The fourth-order valence-corrected chi connectivity index (χ4v) is 2.63. The number of carbonyl (C=O) groups excluding carboxylic acids is 1. The lowest BCUT2D eigenvalue weighted by molar-refractivity contribution is -0.137. The van der Waals surface area contributed by atoms with Gasteiger partial charge in [-0.05, 0) is 35.9 Å². The van der Waals surface area contributed by atoms with Gasteiger partial charge in [-0.15, -0.1) is 0 Å². The number of hydrogen-bond acceptors (Lipinski definition) is 3. The van der Waals surface area contributed by atoms with E-state index in [4.69, 9.17) is 4.74 Å². The maximum atomic E-state index is 12.6. The largest absolute Gasteiger partial charge is 0.508 e. The molecule has 0 amide bonds. The molecule has 0 fully saturated rings. The molecule has 0 atom stereocenters. The van der Waals surface area contributed by atoms with Crippen molar-refractivity contribution in [2.75, 3.05) is 0 Å². The van der Waals surface area contributed by atoms with Gasteiger partial charge in [0.15, 0.2) is 5.76 Å². The van der Waals surface area contributed by atoms with Crippen molar-refractivity contribution in [2.45, 2.75) is 6.18 Å². The van der Waals surface area contributed by atoms with Crippen molar-refractivity contribution in [1.29, 1.82) is 0 Å². The van der Waals surface area contributed by atoms with Crippen LogP contribution in [0.5, 0.6) is 11.5 Å². The van der Waals surface area contributed by atoms with Crippen molar-refractivity contribution < 1.29 is 27.8 Å². The molecule has 118 valence electrons. The molecule has 0 bridgehead atoms. The molecule has 2 aromatic carbocycles. The third kappa shape index (κ3) is 2.96. The van der Waals surface area contributed by atoms with Crippen molar-refractivity contribution in [2.24, 2.45) is 0 Å². The van der Waals surface area contributed by atoms with Crippen LogP contribution in [0.25, 0.3) is 6.08 Å². The molecule has 3 nitrogen and oxygen atoms in total. The second kappa shape index (κ2) is 5.42. The minimum atomic E-state index is -4.44. The molecule has 0 aromatic heterocycles. The molecule has 1 heterocycles. The van der Waals surface area contributed by atoms with Gasteiger partial charge in [-0.2, -0.15) is 13.2 Å². The molecule has 0 aliphatic carbocycles. The van der Waals surface area contributed by atoms with E-state index >= 15 is 0 Å². The summed E-state index contributed by atoms with van der Waals surface area (Å²) in [6, 6.07) is 7.19. The van der Waals surface area contributed by atoms with Crippen LogP contribution in [0.4, 0.5) is 13.2 Å². The highest BCUT2D eigenvalue weighted by Crippen LogP contribution is 2.36. The lowest BCUT2D eigenvalue weighted by Gasteiger charge is -2.08. The van der Waals surface area contributed by atoms with Crippen molar-refractivity contribution in [3.63, 3.8) is 0 Å². The average molecular weight is 385 g/mol. The van der Waals surface area contributed by atoms with Gasteiger partial charge in [0.1, 0.15) is 11.5 Å². The van der Waals surface area contributed by atoms with E-state index in [0.717, 1.165) is 12.1 Å². The first-order valence-corrected chi connectivity index (χ1v) is 7.19. The number of aromatic hydroxyl groups is 1. The predicted molar refractivity (Wildman–Crippen MR) is 80.2 cm³/mol. The third-order valence-corrected chi connectivity index (χ3v) is 3.95. The number of fused-ring (bicyclic) bond motifs is 1. The van der Waals surface area contributed by atoms with E-state index in [-0.39, 0.29) is 27.3 Å². The molecule has 0 unspecified atom stereocenters. The van der Waals surface area contributed by atoms with Crippen LogP contribution < -0.4 is 4.74 Å². The number of ether oxygens (including phenoxy) is 1. The molecule has 3 rings (SSSR count). The zero-order valence-corrected chi connectivity index (χ0v) is 12.9. The number of rotatable bonds is 1. The van der Waals surface area contributed by atoms with Crippen molar-refractivity contribution in [3.8, 4) is 11.5 Å². The highest BCUT2D eigenvalue weighted by Gasteiger charge is 2.31. The quantitative estimate of drug-likeness (QED) is 0.719. The van der Waals surface area contributed by atoms with Crippen molar-refractivity contribution >= 4 is 27.8 Å². The first kappa shape index (κ1) is 15.6. The summed E-state index contributed by atoms with van der Waals surface area (Å²) in [6.45, 7) is 0. The zero-order valence-electron chi connectivity index (χ0n) is 11.3. The molecule has 0 saturated carbocycles. The molecule has 0 saturated heterocycles. The number of alkyl halides is 3. The summed E-state index contributed by atoms with van der Waals surface area (Å²) in [5.41, 5.74) is -0.131. The Hall–Kier alpha value is -2.28. The Labute approximate surface area is 137 Å². The topological polar surface area (TPSA) is 46.5 Å². The Morgan fingerprint density at radius 2 is 1.87 bits per heavy atom. The van der Waals surface area contributed by atoms with Gasteiger partial charge in [0.25, 0.3) is 0 Å². The summed E-state index contributed by atoms with van der Waals surface area (Å²) < 4.78 is 43.5. The fraction of sp³-hybridized carbons (Fsp3) is 0.0625. The number of ketones is 1. The van der Waals surface area contributed by atoms with Crippen LogP contribution in [0.1, 0.15) is 21.5 Å². The van der Waals surface area contributed by atoms with Gasteiger partial charge < -0.3 is 9.84 Å². The van der Waals surface area contributed by atoms with Gasteiger partial charge in [-0.1, -0.05) is 22.0 Å². The Morgan fingerprint density at radius 1 is 1.13 bits per heavy atom. The van der Waals surface area contributed by atoms with Gasteiger partial charge in [0, 0.05) is 10.5 Å². The van der Waals surface area contributed by atoms with Crippen LogP contribution in [0.15, 0.2) is 46.6 Å². The number of halogens is 4. The Balaban J connectivity index is 1.96. The Bertz CT molecular complexity index is 841. The van der Waals surface area contributed by atoms with Crippen LogP contribution in [0.3, 0.4) is 0 Å². The lowest BCUT2D eigenvalue weighted by Crippen LogP contribution is -2.05. The van der Waals surface area contributed by atoms with Crippen molar-refractivity contribution in [3.05, 3.63) is 63.3 Å². The first-order chi connectivity index (χ1) is 10.8. The van der Waals surface area contributed by atoms with Crippen LogP contribution in [-0.4, -0.2) is 10.9 Å². The van der Waals surface area contributed by atoms with E-state index in [2.05, 4.69) is 15.9 Å². The van der Waals surface area contributed by atoms with E-state index in [1.54, 1.807) is 0 Å². The molecule has 23 heavy (non-hydrogen) atoms. The Kier molecular flexibility index (Phi) is 3.68. The smallest absolute Gasteiger partial charge is 0.416 e. The van der Waals surface area contributed by atoms with Gasteiger partial charge in [0.05, 0.1) is 11.1 Å². The van der Waals surface area contributed by atoms with E-state index in [9.17, 15) is 23.1 Å². The molecule has 1 N–H and O–H groups in total. The number of allylic oxidation sites excluding steroid dienone is 1. The minimum Gasteiger partial charge on any atom is -0.508 e. The van der Waals surface area contributed by atoms with Crippen LogP contribution in [0, 0.1) is 0 Å². The number of phenols is 1. The van der Waals surface area contributed by atoms with E-state index in [1.165, 1.54) is 30.3 Å². The minimum absolute atomic E-state index is 0.0222. The van der Waals surface area contributed by atoms with Gasteiger partial charge >= 0.3 is 6.18 Å². The standard InChI is InChI=1S/C16H8BrF3O3/c17-12-6-9(16(18,19)20)2-1-8(12)5-14-15(22)11-4-3-10(21)7-13(11)23-14/h1-7,21H. The summed E-state index contributed by atoms with van der Waals surface area (Å²) in [5, 5.41) is 9.38. The summed E-state index contributed by atoms with van der Waals surface area (Å²) in [7, 11) is 0. The van der Waals surface area contributed by atoms with E-state index in [0.29, 0.717) is 5.56 Å². The van der Waals surface area contributed by atoms with E-state index in [1.807, 2.05) is 0 Å². The molecular formula is C16H8BrF3O3. The van der Waals surface area contributed by atoms with Crippen LogP contribution in [0.2, 0.25) is 0 Å². The third-order valence-electron chi connectivity index (χ3n) is 3.27. The van der Waals surface area contributed by atoms with Crippen molar-refractivity contribution in [1.82, 2.24) is 0 Å². The summed E-state index contributed by atoms with van der Waals surface area (Å²) >= 11 is 3.06. The number of hydrogen-bond donors (Lipinski definition) is 1. The Morgan fingerprint density at radius 3 is 2.52 bits per heavy atom. The zero-order chi connectivity index (χ0) is 16.8. The first-order valence-electron chi connectivity index (χ1n) is 6.40. The number of benzene rings is 2. The molecule has 1 aliphatic heterocycles. The summed E-state index contributed by atoms with van der Waals surface area (Å²) in [4.78, 5) is 12.2. The summed E-state index contributed by atoms with van der Waals surface area (Å²) in [6.07, 6.45) is -3.09. The maximum absolute atomic E-state index is 12.6. The lowest BCUT2D eigenvalue weighted by atomic mass is 10.1. The van der Waals surface area contributed by atoms with Crippen LogP contribution in [-0.2, 0) is 6.18 Å². The maximum Gasteiger partial charge on any atom is 0.416 e. The van der Waals surface area contributed by atoms with Gasteiger partial charge in [-0.25, -0.2) is 0 Å². The van der Waals surface area contributed by atoms with Crippen LogP contribution >= 0.6 is 15.9 Å². The monoisotopic (exact) mass is 384 g/mol. The highest BCUT2D eigenvalue weighted by molar-refractivity contribution is 9.10. The molecule has 1 aliphatic rings. The second-order valence-corrected chi connectivity index (χ2v) is 5.71. The highest BCUT2D eigenvalue weighted by atomic mass is 79.9. The molecule has 7 heteroatoms. The molecule has 0 radical (unpaired) electrons. The SMILES string of the molecule is O=C1C(=Cc2ccc(C(F)(F)F)cc2Br)Oc2cc(O)ccc21. The molecular weight excluding hydrogens is 377 g/mol. The molecule has 2 aromatic rings. The van der Waals surface area contributed by atoms with Gasteiger partial charge in [0.2, 0.25) is 5.78 Å². The number of Topliss-reactive ketones (excluding diaryl/α,β-unsaturated/α-hetero) is 1. The van der Waals surface area contributed by atoms with Gasteiger partial charge in [-0.3, -0.25) is 4.79 Å². The fourth-order valence-electron chi connectivity index (χ4n) is 2.14. The summed E-state index contributed by atoms with van der Waals surface area (Å²) in [5.74, 6) is -0.254. The second-order valence-electron chi connectivity index (χ2n) is 4.85. The van der Waals surface area contributed by atoms with E-state index < -0.39 is 17.5 Å². The number of carbonyl (C=O) groups is 1.